The van der Waals surface area contributed by atoms with Gasteiger partial charge in [-0.25, -0.2) is 0 Å². The van der Waals surface area contributed by atoms with Crippen LogP contribution in [0.5, 0.6) is 0 Å². The van der Waals surface area contributed by atoms with E-state index in [1.54, 1.807) is 23.1 Å². The normalized spacial score (nSPS) is 10.9. The maximum absolute atomic E-state index is 5.87. The maximum atomic E-state index is 5.87. The summed E-state index contributed by atoms with van der Waals surface area (Å²) in [5.74, 6) is 0. The molecular weight excluding hydrogens is 266 g/mol. The van der Waals surface area contributed by atoms with Crippen molar-refractivity contribution in [2.75, 3.05) is 12.0 Å². The Morgan fingerprint density at radius 2 is 2.15 bits per heavy atom. The van der Waals surface area contributed by atoms with Gasteiger partial charge in [0.2, 0.25) is 0 Å². The second-order valence-corrected chi connectivity index (χ2v) is 5.99. The number of hydrogen-bond donors (Lipinski definition) is 1. The van der Waals surface area contributed by atoms with Gasteiger partial charge in [-0.3, -0.25) is 0 Å². The fraction of sp³-hybridized carbons (Fsp3) is 0.111. The summed E-state index contributed by atoms with van der Waals surface area (Å²) < 4.78 is 2.44. The SMILES string of the molecule is CSc1cc2sc(Br)cc2cc1N. The van der Waals surface area contributed by atoms with Crippen molar-refractivity contribution in [1.29, 1.82) is 0 Å². The third-order valence-corrected chi connectivity index (χ3v) is 4.23. The quantitative estimate of drug-likeness (QED) is 0.629. The van der Waals surface area contributed by atoms with Gasteiger partial charge in [0.1, 0.15) is 0 Å². The lowest BCUT2D eigenvalue weighted by Crippen LogP contribution is -1.86. The van der Waals surface area contributed by atoms with Crippen LogP contribution in [0.4, 0.5) is 5.69 Å². The van der Waals surface area contributed by atoms with E-state index in [-0.39, 0.29) is 0 Å². The molecule has 2 aromatic rings. The zero-order valence-corrected chi connectivity index (χ0v) is 10.2. The van der Waals surface area contributed by atoms with E-state index in [0.29, 0.717) is 0 Å². The molecule has 0 aliphatic carbocycles. The van der Waals surface area contributed by atoms with Crippen molar-refractivity contribution in [2.24, 2.45) is 0 Å². The predicted molar refractivity (Wildman–Crippen MR) is 65.7 cm³/mol. The number of anilines is 1. The van der Waals surface area contributed by atoms with Crippen LogP contribution in [0.3, 0.4) is 0 Å². The van der Waals surface area contributed by atoms with Crippen molar-refractivity contribution in [3.05, 3.63) is 22.0 Å². The van der Waals surface area contributed by atoms with Crippen LogP contribution in [0.25, 0.3) is 10.1 Å². The van der Waals surface area contributed by atoms with Gasteiger partial charge in [0.05, 0.1) is 3.79 Å². The lowest BCUT2D eigenvalue weighted by Gasteiger charge is -2.01. The second-order valence-electron chi connectivity index (χ2n) is 2.68. The van der Waals surface area contributed by atoms with Crippen LogP contribution >= 0.6 is 39.0 Å². The molecule has 0 saturated carbocycles. The van der Waals surface area contributed by atoms with E-state index in [2.05, 4.69) is 28.1 Å². The van der Waals surface area contributed by atoms with E-state index in [9.17, 15) is 0 Å². The van der Waals surface area contributed by atoms with E-state index in [1.807, 2.05) is 12.3 Å². The minimum atomic E-state index is 0.866. The molecule has 68 valence electrons. The minimum absolute atomic E-state index is 0.866. The molecule has 1 heterocycles. The van der Waals surface area contributed by atoms with Crippen LogP contribution in [0.1, 0.15) is 0 Å². The van der Waals surface area contributed by atoms with Crippen molar-refractivity contribution >= 4 is 54.8 Å². The summed E-state index contributed by atoms with van der Waals surface area (Å²) in [6.07, 6.45) is 2.04. The summed E-state index contributed by atoms with van der Waals surface area (Å²) in [6, 6.07) is 6.27. The number of thiophene rings is 1. The van der Waals surface area contributed by atoms with Crippen LogP contribution in [0.15, 0.2) is 26.9 Å². The topological polar surface area (TPSA) is 26.0 Å². The highest BCUT2D eigenvalue weighted by atomic mass is 79.9. The number of benzene rings is 1. The fourth-order valence-electron chi connectivity index (χ4n) is 1.23. The van der Waals surface area contributed by atoms with Crippen LogP contribution in [0.2, 0.25) is 0 Å². The summed E-state index contributed by atoms with van der Waals surface area (Å²) in [7, 11) is 0. The van der Waals surface area contributed by atoms with Crippen LogP contribution in [0, 0.1) is 0 Å². The third kappa shape index (κ3) is 1.71. The number of nitrogen functional groups attached to an aromatic ring is 1. The first-order chi connectivity index (χ1) is 6.20. The average molecular weight is 274 g/mol. The molecule has 0 amide bonds. The molecule has 1 aromatic carbocycles. The van der Waals surface area contributed by atoms with Gasteiger partial charge in [-0.2, -0.15) is 0 Å². The molecule has 13 heavy (non-hydrogen) atoms. The van der Waals surface area contributed by atoms with Gasteiger partial charge in [-0.1, -0.05) is 0 Å². The average Bonchev–Trinajstić information content (AvgIpc) is 2.42. The van der Waals surface area contributed by atoms with E-state index in [4.69, 9.17) is 5.73 Å². The van der Waals surface area contributed by atoms with Gasteiger partial charge in [-0.15, -0.1) is 23.1 Å². The van der Waals surface area contributed by atoms with Crippen molar-refractivity contribution in [3.8, 4) is 0 Å². The zero-order chi connectivity index (χ0) is 9.42. The Kier molecular flexibility index (Phi) is 2.53. The first-order valence-electron chi connectivity index (χ1n) is 3.73. The lowest BCUT2D eigenvalue weighted by atomic mass is 10.2. The van der Waals surface area contributed by atoms with Gasteiger partial charge in [0.25, 0.3) is 0 Å². The van der Waals surface area contributed by atoms with Gasteiger partial charge in [0.15, 0.2) is 0 Å². The van der Waals surface area contributed by atoms with Gasteiger partial charge in [-0.05, 0) is 45.8 Å². The Morgan fingerprint density at radius 1 is 1.38 bits per heavy atom. The summed E-state index contributed by atoms with van der Waals surface area (Å²) in [5, 5.41) is 1.21. The molecule has 0 saturated heterocycles. The summed E-state index contributed by atoms with van der Waals surface area (Å²) in [4.78, 5) is 1.15. The molecule has 0 fully saturated rings. The maximum Gasteiger partial charge on any atom is 0.0711 e. The Hall–Kier alpha value is -0.190. The number of halogens is 1. The highest BCUT2D eigenvalue weighted by Gasteiger charge is 2.03. The Morgan fingerprint density at radius 3 is 2.85 bits per heavy atom. The third-order valence-electron chi connectivity index (χ3n) is 1.84. The van der Waals surface area contributed by atoms with Gasteiger partial charge in [0, 0.05) is 15.3 Å². The van der Waals surface area contributed by atoms with Crippen molar-refractivity contribution in [3.63, 3.8) is 0 Å². The predicted octanol–water partition coefficient (Wildman–Crippen LogP) is 3.97. The Bertz CT molecular complexity index is 450. The number of nitrogens with two attached hydrogens (primary N) is 1. The number of rotatable bonds is 1. The lowest BCUT2D eigenvalue weighted by molar-refractivity contribution is 1.52. The molecule has 0 bridgehead atoms. The molecule has 0 aliphatic heterocycles. The first kappa shape index (κ1) is 9.37. The van der Waals surface area contributed by atoms with E-state index >= 15 is 0 Å². The van der Waals surface area contributed by atoms with E-state index < -0.39 is 0 Å². The van der Waals surface area contributed by atoms with Crippen molar-refractivity contribution < 1.29 is 0 Å². The Labute approximate surface area is 93.4 Å². The smallest absolute Gasteiger partial charge is 0.0711 e. The monoisotopic (exact) mass is 273 g/mol. The first-order valence-corrected chi connectivity index (χ1v) is 6.56. The number of fused-ring (bicyclic) bond motifs is 1. The standard InChI is InChI=1S/C9H8BrNS2/c1-12-8-4-7-5(2-6(8)11)3-9(10)13-7/h2-4H,11H2,1H3. The molecule has 2 N–H and O–H groups in total. The minimum Gasteiger partial charge on any atom is -0.398 e. The molecule has 0 radical (unpaired) electrons. The van der Waals surface area contributed by atoms with Crippen LogP contribution in [-0.2, 0) is 0 Å². The number of thioether (sulfide) groups is 1. The van der Waals surface area contributed by atoms with Crippen molar-refractivity contribution in [1.82, 2.24) is 0 Å². The molecule has 4 heteroatoms. The van der Waals surface area contributed by atoms with Gasteiger partial charge < -0.3 is 5.73 Å². The summed E-state index contributed by atoms with van der Waals surface area (Å²) >= 11 is 6.89. The second kappa shape index (κ2) is 3.52. The molecule has 2 rings (SSSR count). The molecule has 0 aliphatic rings. The zero-order valence-electron chi connectivity index (χ0n) is 7.00. The number of hydrogen-bond acceptors (Lipinski definition) is 3. The highest BCUT2D eigenvalue weighted by Crippen LogP contribution is 2.35. The molecule has 1 aromatic heterocycles. The fourth-order valence-corrected chi connectivity index (χ4v) is 3.41. The largest absolute Gasteiger partial charge is 0.398 e. The molecule has 0 spiro atoms. The van der Waals surface area contributed by atoms with Crippen molar-refractivity contribution in [2.45, 2.75) is 4.90 Å². The van der Waals surface area contributed by atoms with Gasteiger partial charge >= 0.3 is 0 Å². The summed E-state index contributed by atoms with van der Waals surface area (Å²) in [6.45, 7) is 0. The van der Waals surface area contributed by atoms with Crippen LogP contribution in [-0.4, -0.2) is 6.26 Å². The summed E-state index contributed by atoms with van der Waals surface area (Å²) in [5.41, 5.74) is 6.74. The molecular formula is C9H8BrNS2. The highest BCUT2D eigenvalue weighted by molar-refractivity contribution is 9.11. The molecule has 0 unspecified atom stereocenters. The van der Waals surface area contributed by atoms with E-state index in [0.717, 1.165) is 14.4 Å². The molecule has 0 atom stereocenters. The van der Waals surface area contributed by atoms with Crippen LogP contribution < -0.4 is 5.73 Å². The molecule has 1 nitrogen and oxygen atoms in total. The van der Waals surface area contributed by atoms with E-state index in [1.165, 1.54) is 10.1 Å². The Balaban J connectivity index is 2.72.